The van der Waals surface area contributed by atoms with Crippen molar-refractivity contribution in [3.63, 3.8) is 0 Å². The average molecular weight is 435 g/mol. The van der Waals surface area contributed by atoms with Gasteiger partial charge in [-0.25, -0.2) is 0 Å². The second-order valence-electron chi connectivity index (χ2n) is 7.72. The second kappa shape index (κ2) is 10.9. The van der Waals surface area contributed by atoms with Crippen molar-refractivity contribution in [2.24, 2.45) is 0 Å². The summed E-state index contributed by atoms with van der Waals surface area (Å²) in [6.45, 7) is 15.2. The van der Waals surface area contributed by atoms with Gasteiger partial charge >= 0.3 is 7.87 Å². The van der Waals surface area contributed by atoms with Gasteiger partial charge in [0.1, 0.15) is 0 Å². The van der Waals surface area contributed by atoms with Crippen LogP contribution in [0.4, 0.5) is 0 Å². The molecule has 0 unspecified atom stereocenters. The first-order valence-electron chi connectivity index (χ1n) is 10.7. The zero-order chi connectivity index (χ0) is 16.8. The van der Waals surface area contributed by atoms with Crippen LogP contribution in [0.5, 0.6) is 0 Å². The number of piperidine rings is 3. The van der Waals surface area contributed by atoms with Gasteiger partial charge in [-0.15, -0.1) is 18.7 Å². The summed E-state index contributed by atoms with van der Waals surface area (Å²) in [4.78, 5) is 0. The van der Waals surface area contributed by atoms with Crippen molar-refractivity contribution in [1.82, 2.24) is 18.7 Å². The summed E-state index contributed by atoms with van der Waals surface area (Å²) < 4.78 is 11.9. The highest BCUT2D eigenvalue weighted by Crippen LogP contribution is 2.71. The minimum absolute atomic E-state index is 0. The van der Waals surface area contributed by atoms with Crippen molar-refractivity contribution in [3.05, 3.63) is 0 Å². The number of nitrogens with zero attached hydrogens (tertiary/aromatic N) is 4. The van der Waals surface area contributed by atoms with Gasteiger partial charge in [-0.05, 0) is 52.4 Å². The first-order chi connectivity index (χ1) is 11.8. The molecule has 0 aromatic carbocycles. The molecule has 25 heavy (non-hydrogen) atoms. The van der Waals surface area contributed by atoms with Crippen LogP contribution in [0.25, 0.3) is 0 Å². The number of halogens is 1. The molecule has 0 saturated carbocycles. The number of hydrogen-bond donors (Lipinski definition) is 0. The predicted octanol–water partition coefficient (Wildman–Crippen LogP) is 1.47. The van der Waals surface area contributed by atoms with E-state index in [1.165, 1.54) is 110 Å². The minimum Gasteiger partial charge on any atom is -1.00 e. The highest BCUT2D eigenvalue weighted by atomic mass is 79.9. The third-order valence-corrected chi connectivity index (χ3v) is 11.0. The maximum Gasteiger partial charge on any atom is 0.308 e. The van der Waals surface area contributed by atoms with E-state index in [9.17, 15) is 0 Å². The van der Waals surface area contributed by atoms with E-state index in [0.29, 0.717) is 0 Å². The van der Waals surface area contributed by atoms with E-state index in [2.05, 4.69) is 32.5 Å². The summed E-state index contributed by atoms with van der Waals surface area (Å²) in [7, 11) is -1.50. The first-order valence-corrected chi connectivity index (χ1v) is 12.3. The van der Waals surface area contributed by atoms with E-state index in [4.69, 9.17) is 0 Å². The van der Waals surface area contributed by atoms with E-state index in [1.807, 2.05) is 0 Å². The number of rotatable bonds is 6. The van der Waals surface area contributed by atoms with Crippen molar-refractivity contribution in [3.8, 4) is 0 Å². The van der Waals surface area contributed by atoms with Crippen molar-refractivity contribution in [2.45, 2.75) is 71.6 Å². The Kier molecular flexibility index (Phi) is 9.63. The molecular formula is C19H40BrN4P. The largest absolute Gasteiger partial charge is 1.00 e. The summed E-state index contributed by atoms with van der Waals surface area (Å²) in [5, 5.41) is 0. The van der Waals surface area contributed by atoms with Crippen LogP contribution in [0, 0.1) is 0 Å². The van der Waals surface area contributed by atoms with Gasteiger partial charge in [-0.3, -0.25) is 0 Å². The Morgan fingerprint density at radius 3 is 1.08 bits per heavy atom. The summed E-state index contributed by atoms with van der Waals surface area (Å²) in [6.07, 6.45) is 12.8. The third kappa shape index (κ3) is 4.60. The van der Waals surface area contributed by atoms with E-state index in [1.54, 1.807) is 0 Å². The Hall–Kier alpha value is 0.750. The maximum absolute atomic E-state index is 2.99. The molecule has 4 nitrogen and oxygen atoms in total. The standard InChI is InChI=1S/C19H40N4P.BrH/c1-3-20(4-2)24(21-14-8-5-9-15-21,22-16-10-6-11-17-22)23-18-12-7-13-19-23;/h3-19H2,1-2H3;1H/q+1;/p-1. The predicted molar refractivity (Wildman–Crippen MR) is 106 cm³/mol. The summed E-state index contributed by atoms with van der Waals surface area (Å²) in [5.41, 5.74) is 0. The van der Waals surface area contributed by atoms with Crippen molar-refractivity contribution in [2.75, 3.05) is 52.4 Å². The molecule has 0 aromatic heterocycles. The fraction of sp³-hybridized carbons (Fsp3) is 1.00. The van der Waals surface area contributed by atoms with Crippen molar-refractivity contribution < 1.29 is 17.0 Å². The molecule has 3 rings (SSSR count). The van der Waals surface area contributed by atoms with Gasteiger partial charge < -0.3 is 17.0 Å². The lowest BCUT2D eigenvalue weighted by Crippen LogP contribution is -3.00. The molecule has 3 aliphatic heterocycles. The van der Waals surface area contributed by atoms with Crippen LogP contribution in [0.3, 0.4) is 0 Å². The Balaban J connectivity index is 0.00000225. The van der Waals surface area contributed by atoms with Gasteiger partial charge in [0.05, 0.1) is 0 Å². The molecule has 3 saturated heterocycles. The summed E-state index contributed by atoms with van der Waals surface area (Å²) in [6, 6.07) is 0. The maximum atomic E-state index is 2.99. The van der Waals surface area contributed by atoms with E-state index < -0.39 is 7.87 Å². The first kappa shape index (κ1) is 22.0. The quantitative estimate of drug-likeness (QED) is 0.586. The highest BCUT2D eigenvalue weighted by molar-refractivity contribution is 7.66. The molecule has 3 aliphatic rings. The molecule has 0 spiro atoms. The second-order valence-corrected chi connectivity index (χ2v) is 11.1. The Morgan fingerprint density at radius 2 is 0.840 bits per heavy atom. The lowest BCUT2D eigenvalue weighted by atomic mass is 10.2. The normalized spacial score (nSPS) is 25.1. The molecule has 3 heterocycles. The lowest BCUT2D eigenvalue weighted by Gasteiger charge is -2.53. The molecule has 0 N–H and O–H groups in total. The lowest BCUT2D eigenvalue weighted by molar-refractivity contribution is -0.00000573. The molecule has 148 valence electrons. The topological polar surface area (TPSA) is 13.0 Å². The van der Waals surface area contributed by atoms with Crippen LogP contribution in [-0.4, -0.2) is 71.0 Å². The van der Waals surface area contributed by atoms with Crippen LogP contribution in [0.15, 0.2) is 0 Å². The van der Waals surface area contributed by atoms with Crippen LogP contribution in [0.1, 0.15) is 71.6 Å². The van der Waals surface area contributed by atoms with E-state index >= 15 is 0 Å². The van der Waals surface area contributed by atoms with Gasteiger partial charge in [0.25, 0.3) is 0 Å². The van der Waals surface area contributed by atoms with Gasteiger partial charge in [0, 0.05) is 52.4 Å². The molecule has 0 atom stereocenters. The molecule has 0 aromatic rings. The smallest absolute Gasteiger partial charge is 0.308 e. The molecule has 6 heteroatoms. The zero-order valence-electron chi connectivity index (χ0n) is 16.6. The number of hydrogen-bond acceptors (Lipinski definition) is 4. The highest BCUT2D eigenvalue weighted by Gasteiger charge is 2.60. The van der Waals surface area contributed by atoms with E-state index in [-0.39, 0.29) is 17.0 Å². The van der Waals surface area contributed by atoms with Crippen molar-refractivity contribution >= 4 is 7.87 Å². The Morgan fingerprint density at radius 1 is 0.560 bits per heavy atom. The monoisotopic (exact) mass is 434 g/mol. The van der Waals surface area contributed by atoms with E-state index in [0.717, 1.165) is 0 Å². The zero-order valence-corrected chi connectivity index (χ0v) is 19.1. The summed E-state index contributed by atoms with van der Waals surface area (Å²) in [5.74, 6) is 0. The van der Waals surface area contributed by atoms with Crippen LogP contribution < -0.4 is 17.0 Å². The molecule has 3 fully saturated rings. The molecule has 0 aliphatic carbocycles. The van der Waals surface area contributed by atoms with Gasteiger partial charge in [-0.2, -0.15) is 0 Å². The van der Waals surface area contributed by atoms with Crippen LogP contribution in [-0.2, 0) is 0 Å². The SMILES string of the molecule is CCN(CC)[P+](N1CCCCC1)(N1CCCCC1)N1CCCCC1.[Br-]. The average Bonchev–Trinajstić information content (AvgIpc) is 2.68. The summed E-state index contributed by atoms with van der Waals surface area (Å²) >= 11 is 0. The van der Waals surface area contributed by atoms with Gasteiger partial charge in [0.2, 0.25) is 0 Å². The van der Waals surface area contributed by atoms with Crippen LogP contribution >= 0.6 is 7.87 Å². The molecule has 0 bridgehead atoms. The Labute approximate surface area is 167 Å². The van der Waals surface area contributed by atoms with Crippen LogP contribution in [0.2, 0.25) is 0 Å². The fourth-order valence-electron chi connectivity index (χ4n) is 5.11. The van der Waals surface area contributed by atoms with Gasteiger partial charge in [0.15, 0.2) is 0 Å². The molecule has 0 radical (unpaired) electrons. The van der Waals surface area contributed by atoms with Crippen molar-refractivity contribution in [1.29, 1.82) is 0 Å². The molecule has 0 amide bonds. The Bertz CT molecular complexity index is 317. The fourth-order valence-corrected chi connectivity index (χ4v) is 10.5. The minimum atomic E-state index is -1.50. The third-order valence-electron chi connectivity index (χ3n) is 6.25. The van der Waals surface area contributed by atoms with Gasteiger partial charge in [-0.1, -0.05) is 19.3 Å². The molecular weight excluding hydrogens is 395 g/mol.